The van der Waals surface area contributed by atoms with Crippen molar-refractivity contribution in [2.75, 3.05) is 11.9 Å². The van der Waals surface area contributed by atoms with Gasteiger partial charge in [-0.1, -0.05) is 12.1 Å². The van der Waals surface area contributed by atoms with Gasteiger partial charge >= 0.3 is 5.69 Å². The zero-order valence-electron chi connectivity index (χ0n) is 11.9. The Morgan fingerprint density at radius 1 is 1.39 bits per heavy atom. The van der Waals surface area contributed by atoms with Crippen molar-refractivity contribution in [2.24, 2.45) is 0 Å². The molecular formula is C15H12FN5O2. The first-order chi connectivity index (χ1) is 11.1. The Morgan fingerprint density at radius 3 is 2.96 bits per heavy atom. The summed E-state index contributed by atoms with van der Waals surface area (Å²) in [5.41, 5.74) is -1.18. The standard InChI is InChI=1S/C15H12FN5O2/c1-2-6-17-14-18-8-11-12(19-14)20-15(23)21(13(11)22)10-5-3-4-9(16)7-10/h2-5,7-8H,1,6H2,(H2,17,18,19,20,23). The smallest absolute Gasteiger partial charge is 0.352 e. The monoisotopic (exact) mass is 313 g/mol. The van der Waals surface area contributed by atoms with Crippen LogP contribution in [0.4, 0.5) is 10.3 Å². The van der Waals surface area contributed by atoms with Crippen molar-refractivity contribution in [3.05, 3.63) is 69.8 Å². The normalized spacial score (nSPS) is 10.7. The Kier molecular flexibility index (Phi) is 3.71. The van der Waals surface area contributed by atoms with Crippen molar-refractivity contribution in [2.45, 2.75) is 0 Å². The van der Waals surface area contributed by atoms with Crippen LogP contribution in [0.3, 0.4) is 0 Å². The fraction of sp³-hybridized carbons (Fsp3) is 0.0667. The second kappa shape index (κ2) is 5.84. The number of rotatable bonds is 4. The number of nitrogens with zero attached hydrogens (tertiary/aromatic N) is 3. The molecule has 3 rings (SSSR count). The average molecular weight is 313 g/mol. The Hall–Kier alpha value is -3.29. The highest BCUT2D eigenvalue weighted by Gasteiger charge is 2.17. The number of hydrogen-bond donors (Lipinski definition) is 2. The van der Waals surface area contributed by atoms with Gasteiger partial charge in [0, 0.05) is 12.7 Å². The summed E-state index contributed by atoms with van der Waals surface area (Å²) in [6.45, 7) is 4.02. The molecule has 7 nitrogen and oxygen atoms in total. The van der Waals surface area contributed by atoms with Crippen LogP contribution < -0.4 is 16.6 Å². The SMILES string of the molecule is C=CCNc1ncc2c(=O)n(-c3cccc(F)c3)c(=O)nc-2[nH]1. The van der Waals surface area contributed by atoms with Crippen LogP contribution >= 0.6 is 0 Å². The molecule has 0 aromatic heterocycles. The molecule has 2 N–H and O–H groups in total. The van der Waals surface area contributed by atoms with Crippen LogP contribution in [-0.2, 0) is 0 Å². The highest BCUT2D eigenvalue weighted by Crippen LogP contribution is 2.13. The van der Waals surface area contributed by atoms with Crippen LogP contribution in [0.5, 0.6) is 0 Å². The Labute approximate surface area is 129 Å². The summed E-state index contributed by atoms with van der Waals surface area (Å²) in [4.78, 5) is 35.3. The van der Waals surface area contributed by atoms with Gasteiger partial charge < -0.3 is 10.3 Å². The van der Waals surface area contributed by atoms with Gasteiger partial charge in [-0.2, -0.15) is 4.98 Å². The first-order valence-electron chi connectivity index (χ1n) is 6.73. The third kappa shape index (κ3) is 2.73. The molecule has 0 spiro atoms. The molecule has 1 aromatic carbocycles. The lowest BCUT2D eigenvalue weighted by Gasteiger charge is -2.10. The third-order valence-electron chi connectivity index (χ3n) is 3.13. The Bertz CT molecular complexity index is 963. The van der Waals surface area contributed by atoms with Crippen molar-refractivity contribution in [1.82, 2.24) is 19.5 Å². The fourth-order valence-corrected chi connectivity index (χ4v) is 2.10. The number of benzene rings is 1. The molecular weight excluding hydrogens is 301 g/mol. The molecule has 0 amide bonds. The van der Waals surface area contributed by atoms with Crippen LogP contribution in [0.15, 0.2) is 52.7 Å². The van der Waals surface area contributed by atoms with Crippen LogP contribution in [-0.4, -0.2) is 26.1 Å². The fourth-order valence-electron chi connectivity index (χ4n) is 2.10. The number of hydrogen-bond acceptors (Lipinski definition) is 5. The highest BCUT2D eigenvalue weighted by atomic mass is 19.1. The van der Waals surface area contributed by atoms with Gasteiger partial charge in [0.15, 0.2) is 5.82 Å². The van der Waals surface area contributed by atoms with E-state index in [0.29, 0.717) is 12.5 Å². The second-order valence-corrected chi connectivity index (χ2v) is 4.68. The lowest BCUT2D eigenvalue weighted by Crippen LogP contribution is -2.36. The van der Waals surface area contributed by atoms with Gasteiger partial charge in [0.05, 0.1) is 5.69 Å². The number of halogens is 1. The number of aromatic amines is 1. The predicted molar refractivity (Wildman–Crippen MR) is 83.5 cm³/mol. The molecule has 0 saturated heterocycles. The zero-order chi connectivity index (χ0) is 16.4. The summed E-state index contributed by atoms with van der Waals surface area (Å²) in [6.07, 6.45) is 2.94. The highest BCUT2D eigenvalue weighted by molar-refractivity contribution is 5.56. The second-order valence-electron chi connectivity index (χ2n) is 4.68. The van der Waals surface area contributed by atoms with E-state index >= 15 is 0 Å². The van der Waals surface area contributed by atoms with Gasteiger partial charge in [-0.05, 0) is 18.2 Å². The molecule has 0 radical (unpaired) electrons. The zero-order valence-corrected chi connectivity index (χ0v) is 11.9. The molecule has 0 saturated carbocycles. The van der Waals surface area contributed by atoms with Gasteiger partial charge in [0.2, 0.25) is 5.95 Å². The maximum absolute atomic E-state index is 13.3. The van der Waals surface area contributed by atoms with E-state index in [1.165, 1.54) is 24.4 Å². The molecule has 23 heavy (non-hydrogen) atoms. The minimum atomic E-state index is -0.801. The first-order valence-corrected chi connectivity index (χ1v) is 6.73. The third-order valence-corrected chi connectivity index (χ3v) is 3.13. The minimum Gasteiger partial charge on any atom is -0.352 e. The van der Waals surface area contributed by atoms with E-state index < -0.39 is 17.1 Å². The predicted octanol–water partition coefficient (Wildman–Crippen LogP) is 1.16. The van der Waals surface area contributed by atoms with E-state index in [1.54, 1.807) is 6.08 Å². The molecule has 0 atom stereocenters. The molecule has 116 valence electrons. The number of H-pyrrole nitrogens is 1. The maximum Gasteiger partial charge on any atom is 0.357 e. The minimum absolute atomic E-state index is 0.106. The summed E-state index contributed by atoms with van der Waals surface area (Å²) >= 11 is 0. The van der Waals surface area contributed by atoms with Crippen molar-refractivity contribution < 1.29 is 4.39 Å². The quantitative estimate of drug-likeness (QED) is 0.705. The number of nitrogens with one attached hydrogen (secondary N) is 2. The van der Waals surface area contributed by atoms with Crippen molar-refractivity contribution >= 4 is 5.95 Å². The molecule has 2 heterocycles. The molecule has 0 fully saturated rings. The van der Waals surface area contributed by atoms with Crippen molar-refractivity contribution in [3.63, 3.8) is 0 Å². The number of anilines is 1. The Morgan fingerprint density at radius 2 is 2.22 bits per heavy atom. The molecule has 1 aromatic rings. The maximum atomic E-state index is 13.3. The summed E-state index contributed by atoms with van der Waals surface area (Å²) in [7, 11) is 0. The van der Waals surface area contributed by atoms with E-state index in [4.69, 9.17) is 0 Å². The lowest BCUT2D eigenvalue weighted by atomic mass is 10.2. The summed E-state index contributed by atoms with van der Waals surface area (Å²) in [6, 6.07) is 5.18. The van der Waals surface area contributed by atoms with Crippen LogP contribution in [0.1, 0.15) is 0 Å². The summed E-state index contributed by atoms with van der Waals surface area (Å²) < 4.78 is 14.1. The summed E-state index contributed by atoms with van der Waals surface area (Å²) in [5.74, 6) is -0.0935. The molecule has 2 aliphatic heterocycles. The van der Waals surface area contributed by atoms with Gasteiger partial charge in [-0.15, -0.1) is 6.58 Å². The molecule has 2 aliphatic rings. The topological polar surface area (TPSA) is 92.7 Å². The molecule has 8 heteroatoms. The lowest BCUT2D eigenvalue weighted by molar-refractivity contribution is 0.625. The van der Waals surface area contributed by atoms with Gasteiger partial charge in [-0.3, -0.25) is 4.79 Å². The van der Waals surface area contributed by atoms with Gasteiger partial charge in [0.25, 0.3) is 5.56 Å². The first kappa shape index (κ1) is 14.6. The van der Waals surface area contributed by atoms with Crippen LogP contribution in [0.2, 0.25) is 0 Å². The van der Waals surface area contributed by atoms with E-state index in [2.05, 4.69) is 26.8 Å². The van der Waals surface area contributed by atoms with Crippen LogP contribution in [0.25, 0.3) is 17.1 Å². The number of aromatic nitrogens is 4. The van der Waals surface area contributed by atoms with Gasteiger partial charge in [-0.25, -0.2) is 18.7 Å². The number of fused-ring (bicyclic) bond motifs is 1. The van der Waals surface area contributed by atoms with Gasteiger partial charge in [0.1, 0.15) is 11.4 Å². The molecule has 0 bridgehead atoms. The van der Waals surface area contributed by atoms with E-state index in [0.717, 1.165) is 10.6 Å². The van der Waals surface area contributed by atoms with Crippen molar-refractivity contribution in [1.29, 1.82) is 0 Å². The Balaban J connectivity index is 2.19. The van der Waals surface area contributed by atoms with E-state index in [-0.39, 0.29) is 17.1 Å². The molecule has 0 unspecified atom stereocenters. The van der Waals surface area contributed by atoms with E-state index in [1.807, 2.05) is 0 Å². The average Bonchev–Trinajstić information content (AvgIpc) is 2.52. The van der Waals surface area contributed by atoms with Crippen molar-refractivity contribution in [3.8, 4) is 17.1 Å². The largest absolute Gasteiger partial charge is 0.357 e. The van der Waals surface area contributed by atoms with E-state index in [9.17, 15) is 14.0 Å². The molecule has 0 aliphatic carbocycles. The van der Waals surface area contributed by atoms with Crippen LogP contribution in [0, 0.1) is 5.82 Å². The summed E-state index contributed by atoms with van der Waals surface area (Å²) in [5, 5.41) is 2.89.